The number of aryl methyl sites for hydroxylation is 3. The van der Waals surface area contributed by atoms with Crippen molar-refractivity contribution >= 4 is 11.6 Å². The molecule has 29 heavy (non-hydrogen) atoms. The lowest BCUT2D eigenvalue weighted by molar-refractivity contribution is -0.885. The van der Waals surface area contributed by atoms with Gasteiger partial charge in [-0.05, 0) is 68.5 Å². The Bertz CT molecular complexity index is 1020. The van der Waals surface area contributed by atoms with Gasteiger partial charge < -0.3 is 10.2 Å². The number of carbonyl (C=O) groups excluding carboxylic acids is 1. The Morgan fingerprint density at radius 1 is 1.10 bits per heavy atom. The van der Waals surface area contributed by atoms with Crippen molar-refractivity contribution in [2.75, 3.05) is 18.9 Å². The number of quaternary nitrogens is 1. The lowest BCUT2D eigenvalue weighted by Gasteiger charge is -2.15. The zero-order valence-electron chi connectivity index (χ0n) is 17.5. The summed E-state index contributed by atoms with van der Waals surface area (Å²) in [5.41, 5.74) is 8.13. The van der Waals surface area contributed by atoms with E-state index in [2.05, 4.69) is 43.6 Å². The predicted molar refractivity (Wildman–Crippen MR) is 116 cm³/mol. The summed E-state index contributed by atoms with van der Waals surface area (Å²) in [5, 5.41) is 7.78. The topological polar surface area (TPSA) is 51.4 Å². The van der Waals surface area contributed by atoms with Crippen LogP contribution in [-0.2, 0) is 24.2 Å². The average Bonchev–Trinajstić information content (AvgIpc) is 3.28. The standard InChI is InChI=1S/C24H28N4O/c1-17-23(18(2)28(26-17)22-10-5-4-6-11-22)15-27(3)16-24(29)25-21-13-12-19-8-7-9-20(19)14-21/h4-6,10-14H,7-9,15-16H2,1-3H3,(H,25,29)/p+1. The van der Waals surface area contributed by atoms with Crippen LogP contribution in [0.1, 0.15) is 34.5 Å². The minimum atomic E-state index is 0.0474. The third-order valence-corrected chi connectivity index (χ3v) is 5.77. The minimum absolute atomic E-state index is 0.0474. The van der Waals surface area contributed by atoms with E-state index in [1.807, 2.05) is 35.9 Å². The second-order valence-corrected chi connectivity index (χ2v) is 8.09. The van der Waals surface area contributed by atoms with Gasteiger partial charge in [0.1, 0.15) is 6.54 Å². The van der Waals surface area contributed by atoms with Gasteiger partial charge in [-0.25, -0.2) is 4.68 Å². The SMILES string of the molecule is Cc1nn(-c2ccccc2)c(C)c1C[NH+](C)CC(=O)Nc1ccc2c(c1)CCC2. The first-order valence-electron chi connectivity index (χ1n) is 10.3. The first kappa shape index (κ1) is 19.4. The van der Waals surface area contributed by atoms with Crippen LogP contribution < -0.4 is 10.2 Å². The largest absolute Gasteiger partial charge is 0.326 e. The fourth-order valence-electron chi connectivity index (χ4n) is 4.24. The lowest BCUT2D eigenvalue weighted by Crippen LogP contribution is -3.08. The normalized spacial score (nSPS) is 13.9. The van der Waals surface area contributed by atoms with E-state index in [1.165, 1.54) is 23.1 Å². The summed E-state index contributed by atoms with van der Waals surface area (Å²) >= 11 is 0. The van der Waals surface area contributed by atoms with Gasteiger partial charge in [0.05, 0.1) is 29.7 Å². The number of likely N-dealkylation sites (N-methyl/N-ethyl adjacent to an activating group) is 1. The summed E-state index contributed by atoms with van der Waals surface area (Å²) in [7, 11) is 2.06. The maximum absolute atomic E-state index is 12.6. The third kappa shape index (κ3) is 4.25. The molecular formula is C24H29N4O+. The quantitative estimate of drug-likeness (QED) is 0.681. The number of rotatable bonds is 6. The summed E-state index contributed by atoms with van der Waals surface area (Å²) in [6.45, 7) is 5.33. The first-order valence-corrected chi connectivity index (χ1v) is 10.3. The molecule has 1 amide bonds. The molecule has 0 saturated heterocycles. The van der Waals surface area contributed by atoms with Gasteiger partial charge in [0.25, 0.3) is 5.91 Å². The van der Waals surface area contributed by atoms with Crippen molar-refractivity contribution in [3.05, 3.63) is 76.6 Å². The fraction of sp³-hybridized carbons (Fsp3) is 0.333. The molecule has 150 valence electrons. The number of amides is 1. The Kier molecular flexibility index (Phi) is 5.49. The summed E-state index contributed by atoms with van der Waals surface area (Å²) in [4.78, 5) is 13.7. The maximum Gasteiger partial charge on any atom is 0.279 e. The lowest BCUT2D eigenvalue weighted by atomic mass is 10.1. The number of hydrogen-bond acceptors (Lipinski definition) is 2. The van der Waals surface area contributed by atoms with Gasteiger partial charge in [-0.3, -0.25) is 4.79 Å². The summed E-state index contributed by atoms with van der Waals surface area (Å²) in [5.74, 6) is 0.0474. The third-order valence-electron chi connectivity index (χ3n) is 5.77. The van der Waals surface area contributed by atoms with Crippen molar-refractivity contribution in [2.24, 2.45) is 0 Å². The number of nitrogens with one attached hydrogen (secondary N) is 2. The van der Waals surface area contributed by atoms with Crippen molar-refractivity contribution in [1.29, 1.82) is 0 Å². The average molecular weight is 390 g/mol. The second-order valence-electron chi connectivity index (χ2n) is 8.09. The van der Waals surface area contributed by atoms with E-state index in [4.69, 9.17) is 5.10 Å². The Labute approximate surface area is 172 Å². The molecule has 1 aliphatic carbocycles. The van der Waals surface area contributed by atoms with E-state index in [0.717, 1.165) is 47.0 Å². The highest BCUT2D eigenvalue weighted by atomic mass is 16.2. The van der Waals surface area contributed by atoms with Crippen LogP contribution >= 0.6 is 0 Å². The first-order chi connectivity index (χ1) is 14.0. The Morgan fingerprint density at radius 2 is 1.86 bits per heavy atom. The monoisotopic (exact) mass is 389 g/mol. The van der Waals surface area contributed by atoms with E-state index in [-0.39, 0.29) is 5.91 Å². The summed E-state index contributed by atoms with van der Waals surface area (Å²) in [6, 6.07) is 16.5. The van der Waals surface area contributed by atoms with Gasteiger partial charge in [-0.15, -0.1) is 0 Å². The van der Waals surface area contributed by atoms with Crippen LogP contribution in [0.25, 0.3) is 5.69 Å². The molecule has 0 aliphatic heterocycles. The molecule has 1 unspecified atom stereocenters. The van der Waals surface area contributed by atoms with Crippen LogP contribution in [0, 0.1) is 13.8 Å². The number of carbonyl (C=O) groups is 1. The molecule has 2 N–H and O–H groups in total. The zero-order valence-corrected chi connectivity index (χ0v) is 17.5. The van der Waals surface area contributed by atoms with Crippen LogP contribution in [0.15, 0.2) is 48.5 Å². The van der Waals surface area contributed by atoms with E-state index in [0.29, 0.717) is 6.54 Å². The molecule has 3 aromatic rings. The number of benzene rings is 2. The molecule has 5 heteroatoms. The fourth-order valence-corrected chi connectivity index (χ4v) is 4.24. The number of aromatic nitrogens is 2. The zero-order chi connectivity index (χ0) is 20.4. The molecule has 0 fully saturated rings. The molecular weight excluding hydrogens is 360 g/mol. The highest BCUT2D eigenvalue weighted by Gasteiger charge is 2.19. The van der Waals surface area contributed by atoms with Crippen LogP contribution in [0.3, 0.4) is 0 Å². The molecule has 1 aromatic heterocycles. The summed E-state index contributed by atoms with van der Waals surface area (Å²) < 4.78 is 1.99. The molecule has 0 saturated carbocycles. The van der Waals surface area contributed by atoms with E-state index < -0.39 is 0 Å². The molecule has 5 nitrogen and oxygen atoms in total. The number of hydrogen-bond donors (Lipinski definition) is 2. The van der Waals surface area contributed by atoms with Gasteiger partial charge in [-0.2, -0.15) is 5.10 Å². The van der Waals surface area contributed by atoms with Crippen molar-refractivity contribution < 1.29 is 9.69 Å². The van der Waals surface area contributed by atoms with Crippen LogP contribution in [0.5, 0.6) is 0 Å². The van der Waals surface area contributed by atoms with Gasteiger partial charge in [0, 0.05) is 5.69 Å². The van der Waals surface area contributed by atoms with E-state index in [9.17, 15) is 4.79 Å². The summed E-state index contributed by atoms with van der Waals surface area (Å²) in [6.07, 6.45) is 3.49. The van der Waals surface area contributed by atoms with Crippen LogP contribution in [-0.4, -0.2) is 29.3 Å². The van der Waals surface area contributed by atoms with Gasteiger partial charge >= 0.3 is 0 Å². The molecule has 2 aromatic carbocycles. The second kappa shape index (κ2) is 8.21. The van der Waals surface area contributed by atoms with Crippen molar-refractivity contribution in [3.8, 4) is 5.69 Å². The maximum atomic E-state index is 12.6. The molecule has 1 heterocycles. The predicted octanol–water partition coefficient (Wildman–Crippen LogP) is 2.63. The van der Waals surface area contributed by atoms with Gasteiger partial charge in [-0.1, -0.05) is 24.3 Å². The molecule has 0 bridgehead atoms. The highest BCUT2D eigenvalue weighted by Crippen LogP contribution is 2.24. The number of fused-ring (bicyclic) bond motifs is 1. The Morgan fingerprint density at radius 3 is 2.66 bits per heavy atom. The molecule has 1 aliphatic rings. The number of anilines is 1. The molecule has 1 atom stereocenters. The Hall–Kier alpha value is -2.92. The highest BCUT2D eigenvalue weighted by molar-refractivity contribution is 5.91. The van der Waals surface area contributed by atoms with Gasteiger partial charge in [0.2, 0.25) is 0 Å². The Balaban J connectivity index is 1.40. The van der Waals surface area contributed by atoms with Crippen molar-refractivity contribution in [3.63, 3.8) is 0 Å². The van der Waals surface area contributed by atoms with Crippen molar-refractivity contribution in [2.45, 2.75) is 39.7 Å². The molecule has 0 spiro atoms. The van der Waals surface area contributed by atoms with E-state index >= 15 is 0 Å². The number of para-hydroxylation sites is 1. The van der Waals surface area contributed by atoms with Gasteiger partial charge in [0.15, 0.2) is 6.54 Å². The van der Waals surface area contributed by atoms with Crippen LogP contribution in [0.4, 0.5) is 5.69 Å². The van der Waals surface area contributed by atoms with E-state index in [1.54, 1.807) is 0 Å². The number of nitrogens with zero attached hydrogens (tertiary/aromatic N) is 2. The van der Waals surface area contributed by atoms with Crippen LogP contribution in [0.2, 0.25) is 0 Å². The molecule has 4 rings (SSSR count). The smallest absolute Gasteiger partial charge is 0.279 e. The van der Waals surface area contributed by atoms with Crippen molar-refractivity contribution in [1.82, 2.24) is 9.78 Å². The molecule has 0 radical (unpaired) electrons. The minimum Gasteiger partial charge on any atom is -0.326 e.